The number of nitrogens with zero attached hydrogens (tertiary/aromatic N) is 1. The summed E-state index contributed by atoms with van der Waals surface area (Å²) in [4.78, 5) is 13.5. The van der Waals surface area contributed by atoms with Gasteiger partial charge in [-0.1, -0.05) is 27.2 Å². The van der Waals surface area contributed by atoms with Gasteiger partial charge in [-0.15, -0.1) is 11.3 Å². The van der Waals surface area contributed by atoms with Crippen LogP contribution in [0.2, 0.25) is 0 Å². The van der Waals surface area contributed by atoms with E-state index in [1.54, 1.807) is 11.3 Å². The van der Waals surface area contributed by atoms with E-state index in [9.17, 15) is 10.1 Å². The molecule has 1 heterocycles. The minimum atomic E-state index is -0.592. The molecule has 21 heavy (non-hydrogen) atoms. The van der Waals surface area contributed by atoms with Gasteiger partial charge in [0.05, 0.1) is 11.6 Å². The van der Waals surface area contributed by atoms with Crippen molar-refractivity contribution in [2.24, 2.45) is 11.1 Å². The van der Waals surface area contributed by atoms with Crippen LogP contribution in [0.4, 0.5) is 5.00 Å². The number of nitrogens with two attached hydrogens (primary N) is 1. The molecule has 0 radical (unpaired) electrons. The Bertz CT molecular complexity index is 578. The zero-order valence-electron chi connectivity index (χ0n) is 13.0. The van der Waals surface area contributed by atoms with Gasteiger partial charge in [0, 0.05) is 4.88 Å². The highest BCUT2D eigenvalue weighted by molar-refractivity contribution is 7.16. The van der Waals surface area contributed by atoms with E-state index in [0.29, 0.717) is 10.6 Å². The Kier molecular flexibility index (Phi) is 4.70. The summed E-state index contributed by atoms with van der Waals surface area (Å²) < 4.78 is 0. The Labute approximate surface area is 130 Å². The zero-order chi connectivity index (χ0) is 15.6. The van der Waals surface area contributed by atoms with Gasteiger partial charge in [0.25, 0.3) is 0 Å². The van der Waals surface area contributed by atoms with Crippen LogP contribution in [0.5, 0.6) is 0 Å². The van der Waals surface area contributed by atoms with Crippen molar-refractivity contribution in [3.63, 3.8) is 0 Å². The molecule has 5 heteroatoms. The molecule has 1 aliphatic rings. The number of fused-ring (bicyclic) bond motifs is 1. The van der Waals surface area contributed by atoms with E-state index in [1.807, 2.05) is 20.8 Å². The second-order valence-corrected chi connectivity index (χ2v) is 7.82. The first kappa shape index (κ1) is 16.0. The van der Waals surface area contributed by atoms with Crippen molar-refractivity contribution in [3.05, 3.63) is 16.0 Å². The van der Waals surface area contributed by atoms with Crippen LogP contribution < -0.4 is 11.1 Å². The first-order valence-electron chi connectivity index (χ1n) is 7.45. The summed E-state index contributed by atoms with van der Waals surface area (Å²) in [5, 5.41) is 13.0. The molecule has 0 aliphatic heterocycles. The van der Waals surface area contributed by atoms with Crippen LogP contribution in [0.25, 0.3) is 0 Å². The van der Waals surface area contributed by atoms with E-state index in [4.69, 9.17) is 5.73 Å². The van der Waals surface area contributed by atoms with Gasteiger partial charge >= 0.3 is 0 Å². The summed E-state index contributed by atoms with van der Waals surface area (Å²) in [6.45, 7) is 5.81. The molecule has 1 amide bonds. The summed E-state index contributed by atoms with van der Waals surface area (Å²) in [5.41, 5.74) is 7.47. The average Bonchev–Trinajstić information content (AvgIpc) is 2.58. The molecule has 1 atom stereocenters. The van der Waals surface area contributed by atoms with Crippen molar-refractivity contribution >= 4 is 22.2 Å². The predicted molar refractivity (Wildman–Crippen MR) is 86.4 cm³/mol. The lowest BCUT2D eigenvalue weighted by Crippen LogP contribution is -2.45. The lowest BCUT2D eigenvalue weighted by atomic mass is 9.87. The van der Waals surface area contributed by atoms with Gasteiger partial charge < -0.3 is 11.1 Å². The van der Waals surface area contributed by atoms with Crippen molar-refractivity contribution in [1.82, 2.24) is 0 Å². The van der Waals surface area contributed by atoms with Gasteiger partial charge in [-0.3, -0.25) is 4.79 Å². The monoisotopic (exact) mass is 305 g/mol. The van der Waals surface area contributed by atoms with Gasteiger partial charge in [-0.2, -0.15) is 5.26 Å². The lowest BCUT2D eigenvalue weighted by molar-refractivity contribution is -0.119. The fraction of sp³-hybridized carbons (Fsp3) is 0.625. The normalized spacial score (nSPS) is 16.5. The highest BCUT2D eigenvalue weighted by Crippen LogP contribution is 2.37. The number of nitriles is 1. The number of rotatable bonds is 2. The molecule has 2 rings (SSSR count). The summed E-state index contributed by atoms with van der Waals surface area (Å²) in [6.07, 6.45) is 5.44. The number of nitrogens with one attached hydrogen (secondary N) is 1. The van der Waals surface area contributed by atoms with Gasteiger partial charge in [-0.05, 0) is 36.7 Å². The van der Waals surface area contributed by atoms with Gasteiger partial charge in [0.1, 0.15) is 11.1 Å². The van der Waals surface area contributed by atoms with Crippen LogP contribution in [-0.2, 0) is 17.6 Å². The standard InChI is InChI=1S/C16H23N3OS/c1-16(2,3)13(18)14(20)19-15-11(9-17)10-7-5-4-6-8-12(10)21-15/h13H,4-8,18H2,1-3H3,(H,19,20)/t13-/m1/s1. The maximum absolute atomic E-state index is 12.3. The third-order valence-corrected chi connectivity index (χ3v) is 5.19. The van der Waals surface area contributed by atoms with Crippen molar-refractivity contribution in [3.8, 4) is 6.07 Å². The molecule has 1 aliphatic carbocycles. The Morgan fingerprint density at radius 1 is 1.33 bits per heavy atom. The number of thiophene rings is 1. The molecule has 1 aromatic heterocycles. The molecule has 0 spiro atoms. The maximum atomic E-state index is 12.3. The quantitative estimate of drug-likeness (QED) is 0.823. The molecule has 1 aromatic rings. The summed E-state index contributed by atoms with van der Waals surface area (Å²) in [6, 6.07) is 1.68. The minimum Gasteiger partial charge on any atom is -0.319 e. The van der Waals surface area contributed by atoms with Crippen LogP contribution in [0.15, 0.2) is 0 Å². The Balaban J connectivity index is 2.25. The van der Waals surface area contributed by atoms with E-state index in [1.165, 1.54) is 11.3 Å². The molecule has 0 aromatic carbocycles. The molecule has 0 unspecified atom stereocenters. The Hall–Kier alpha value is -1.38. The van der Waals surface area contributed by atoms with Crippen molar-refractivity contribution in [2.45, 2.75) is 58.9 Å². The van der Waals surface area contributed by atoms with Crippen molar-refractivity contribution in [1.29, 1.82) is 5.26 Å². The van der Waals surface area contributed by atoms with E-state index in [0.717, 1.165) is 31.2 Å². The molecule has 0 bridgehead atoms. The van der Waals surface area contributed by atoms with Gasteiger partial charge in [0.15, 0.2) is 0 Å². The minimum absolute atomic E-state index is 0.213. The number of hydrogen-bond acceptors (Lipinski definition) is 4. The van der Waals surface area contributed by atoms with Crippen LogP contribution in [0.1, 0.15) is 56.0 Å². The number of carbonyl (C=O) groups is 1. The van der Waals surface area contributed by atoms with Crippen LogP contribution in [0, 0.1) is 16.7 Å². The van der Waals surface area contributed by atoms with Crippen LogP contribution in [-0.4, -0.2) is 11.9 Å². The molecule has 3 N–H and O–H groups in total. The van der Waals surface area contributed by atoms with E-state index in [-0.39, 0.29) is 11.3 Å². The SMILES string of the molecule is CC(C)(C)[C@H](N)C(=O)Nc1sc2c(c1C#N)CCCCC2. The number of amides is 1. The molecule has 4 nitrogen and oxygen atoms in total. The number of anilines is 1. The third kappa shape index (κ3) is 3.45. The van der Waals surface area contributed by atoms with Crippen LogP contribution in [0.3, 0.4) is 0 Å². The maximum Gasteiger partial charge on any atom is 0.242 e. The number of carbonyl (C=O) groups excluding carboxylic acids is 1. The summed E-state index contributed by atoms with van der Waals surface area (Å²) in [7, 11) is 0. The topological polar surface area (TPSA) is 78.9 Å². The second-order valence-electron chi connectivity index (χ2n) is 6.71. The molecule has 0 saturated carbocycles. The largest absolute Gasteiger partial charge is 0.319 e. The highest BCUT2D eigenvalue weighted by atomic mass is 32.1. The Morgan fingerprint density at radius 3 is 2.62 bits per heavy atom. The van der Waals surface area contributed by atoms with Gasteiger partial charge in [0.2, 0.25) is 5.91 Å². The smallest absolute Gasteiger partial charge is 0.242 e. The second kappa shape index (κ2) is 6.17. The molecular weight excluding hydrogens is 282 g/mol. The predicted octanol–water partition coefficient (Wildman–Crippen LogP) is 3.20. The van der Waals surface area contributed by atoms with E-state index in [2.05, 4.69) is 11.4 Å². The van der Waals surface area contributed by atoms with Gasteiger partial charge in [-0.25, -0.2) is 0 Å². The first-order valence-corrected chi connectivity index (χ1v) is 8.27. The fourth-order valence-corrected chi connectivity index (χ4v) is 3.77. The Morgan fingerprint density at radius 2 is 2.00 bits per heavy atom. The third-order valence-electron chi connectivity index (χ3n) is 3.99. The zero-order valence-corrected chi connectivity index (χ0v) is 13.8. The first-order chi connectivity index (χ1) is 9.84. The van der Waals surface area contributed by atoms with Crippen molar-refractivity contribution in [2.75, 3.05) is 5.32 Å². The molecular formula is C16H23N3OS. The average molecular weight is 305 g/mol. The number of hydrogen-bond donors (Lipinski definition) is 2. The summed E-state index contributed by atoms with van der Waals surface area (Å²) >= 11 is 1.55. The van der Waals surface area contributed by atoms with Crippen LogP contribution >= 0.6 is 11.3 Å². The molecule has 114 valence electrons. The number of aryl methyl sites for hydroxylation is 1. The summed E-state index contributed by atoms with van der Waals surface area (Å²) in [5.74, 6) is -0.213. The van der Waals surface area contributed by atoms with E-state index >= 15 is 0 Å². The lowest BCUT2D eigenvalue weighted by Gasteiger charge is -2.25. The fourth-order valence-electron chi connectivity index (χ4n) is 2.53. The van der Waals surface area contributed by atoms with E-state index < -0.39 is 6.04 Å². The molecule has 0 fully saturated rings. The highest BCUT2D eigenvalue weighted by Gasteiger charge is 2.29. The van der Waals surface area contributed by atoms with Crippen molar-refractivity contribution < 1.29 is 4.79 Å². The molecule has 0 saturated heterocycles.